The van der Waals surface area contributed by atoms with E-state index < -0.39 is 23.4 Å². The van der Waals surface area contributed by atoms with Crippen LogP contribution in [0, 0.1) is 5.92 Å². The molecular formula is C32H22BrN3O3. The molecule has 39 heavy (non-hydrogen) atoms. The summed E-state index contributed by atoms with van der Waals surface area (Å²) in [4.78, 5) is 49.5. The van der Waals surface area contributed by atoms with Crippen molar-refractivity contribution in [2.45, 2.75) is 17.5 Å². The quantitative estimate of drug-likeness (QED) is 0.316. The van der Waals surface area contributed by atoms with Gasteiger partial charge >= 0.3 is 0 Å². The number of nitrogens with zero attached hydrogens (tertiary/aromatic N) is 2. The summed E-state index contributed by atoms with van der Waals surface area (Å²) in [6.07, 6.45) is 7.11. The number of carbonyl (C=O) groups excluding carboxylic acids is 3. The number of hydrogen-bond acceptors (Lipinski definition) is 5. The number of para-hydroxylation sites is 2. The molecule has 4 aromatic rings. The van der Waals surface area contributed by atoms with Crippen LogP contribution in [0.25, 0.3) is 6.08 Å². The van der Waals surface area contributed by atoms with Crippen molar-refractivity contribution in [2.24, 2.45) is 5.92 Å². The molecule has 0 unspecified atom stereocenters. The lowest BCUT2D eigenvalue weighted by Crippen LogP contribution is -2.51. The molecule has 1 spiro atoms. The zero-order valence-corrected chi connectivity index (χ0v) is 22.2. The summed E-state index contributed by atoms with van der Waals surface area (Å²) in [5.41, 5.74) is 2.72. The minimum Gasteiger partial charge on any atom is -0.352 e. The molecule has 0 aliphatic carbocycles. The van der Waals surface area contributed by atoms with E-state index in [0.717, 1.165) is 21.3 Å². The monoisotopic (exact) mass is 575 g/mol. The highest BCUT2D eigenvalue weighted by Crippen LogP contribution is 2.58. The van der Waals surface area contributed by atoms with E-state index in [9.17, 15) is 14.4 Å². The Kier molecular flexibility index (Phi) is 5.39. The van der Waals surface area contributed by atoms with Gasteiger partial charge in [0.1, 0.15) is 11.5 Å². The number of fused-ring (bicyclic) bond motifs is 6. The largest absolute Gasteiger partial charge is 0.352 e. The van der Waals surface area contributed by atoms with Crippen molar-refractivity contribution < 1.29 is 14.4 Å². The number of hydrogen-bond donors (Lipinski definition) is 1. The summed E-state index contributed by atoms with van der Waals surface area (Å²) in [5, 5.41) is 3.05. The fourth-order valence-corrected chi connectivity index (χ4v) is 6.86. The Labute approximate surface area is 233 Å². The molecule has 4 atom stereocenters. The van der Waals surface area contributed by atoms with Crippen molar-refractivity contribution in [2.75, 3.05) is 10.2 Å². The highest BCUT2D eigenvalue weighted by Gasteiger charge is 2.70. The number of benzene rings is 3. The molecule has 6 nitrogen and oxygen atoms in total. The Bertz CT molecular complexity index is 1680. The summed E-state index contributed by atoms with van der Waals surface area (Å²) in [5.74, 6) is -1.74. The lowest BCUT2D eigenvalue weighted by atomic mass is 9.64. The Morgan fingerprint density at radius 2 is 1.54 bits per heavy atom. The number of ketones is 2. The molecule has 3 aromatic carbocycles. The zero-order chi connectivity index (χ0) is 26.7. The van der Waals surface area contributed by atoms with Crippen LogP contribution in [0.4, 0.5) is 11.4 Å². The van der Waals surface area contributed by atoms with Crippen LogP contribution < -0.4 is 10.2 Å². The summed E-state index contributed by atoms with van der Waals surface area (Å²) in [6, 6.07) is 24.2. The number of amides is 1. The molecule has 1 saturated heterocycles. The number of carbonyl (C=O) groups is 3. The van der Waals surface area contributed by atoms with Crippen LogP contribution in [0.2, 0.25) is 0 Å². The molecule has 4 heterocycles. The highest BCUT2D eigenvalue weighted by atomic mass is 79.9. The predicted octanol–water partition coefficient (Wildman–Crippen LogP) is 5.70. The van der Waals surface area contributed by atoms with E-state index in [1.54, 1.807) is 48.8 Å². The van der Waals surface area contributed by atoms with Gasteiger partial charge in [-0.2, -0.15) is 0 Å². The Morgan fingerprint density at radius 3 is 2.33 bits per heavy atom. The lowest BCUT2D eigenvalue weighted by molar-refractivity contribution is -0.121. The second-order valence-electron chi connectivity index (χ2n) is 10.0. The molecule has 0 saturated carbocycles. The standard InChI is InChI=1S/C32H22BrN3O3/c33-22-12-9-20(10-13-22)29(37)27-28(30(38)21-15-17-34-18-16-21)36-25-8-4-1-5-19(25)11-14-26(36)32(27)23-6-2-3-7-24(23)35-31(32)39/h1-18,26-28H,(H,35,39)/t26-,27-,28+,32-/m1/s1. The third kappa shape index (κ3) is 3.32. The van der Waals surface area contributed by atoms with Crippen LogP contribution in [0.15, 0.2) is 108 Å². The van der Waals surface area contributed by atoms with Gasteiger partial charge < -0.3 is 10.2 Å². The van der Waals surface area contributed by atoms with Crippen molar-refractivity contribution in [3.8, 4) is 0 Å². The average molecular weight is 576 g/mol. The molecular weight excluding hydrogens is 554 g/mol. The maximum atomic E-state index is 14.7. The van der Waals surface area contributed by atoms with Gasteiger partial charge in [-0.3, -0.25) is 19.4 Å². The van der Waals surface area contributed by atoms with Crippen molar-refractivity contribution >= 4 is 50.9 Å². The second-order valence-corrected chi connectivity index (χ2v) is 10.9. The molecule has 3 aliphatic heterocycles. The first-order valence-electron chi connectivity index (χ1n) is 12.7. The van der Waals surface area contributed by atoms with E-state index in [1.807, 2.05) is 65.6 Å². The molecule has 0 radical (unpaired) electrons. The Morgan fingerprint density at radius 1 is 0.846 bits per heavy atom. The summed E-state index contributed by atoms with van der Waals surface area (Å²) in [7, 11) is 0. The summed E-state index contributed by atoms with van der Waals surface area (Å²) < 4.78 is 0.836. The van der Waals surface area contributed by atoms with Crippen molar-refractivity contribution in [1.82, 2.24) is 4.98 Å². The van der Waals surface area contributed by atoms with Gasteiger partial charge in [0.25, 0.3) is 0 Å². The van der Waals surface area contributed by atoms with Crippen LogP contribution in [0.1, 0.15) is 31.8 Å². The summed E-state index contributed by atoms with van der Waals surface area (Å²) in [6.45, 7) is 0. The number of Topliss-reactive ketones (excluding diaryl/α,β-unsaturated/α-hetero) is 2. The van der Waals surface area contributed by atoms with Crippen LogP contribution in [0.3, 0.4) is 0 Å². The topological polar surface area (TPSA) is 79.4 Å². The molecule has 7 heteroatoms. The van der Waals surface area contributed by atoms with Gasteiger partial charge in [0.05, 0.1) is 12.0 Å². The smallest absolute Gasteiger partial charge is 0.238 e. The molecule has 1 aromatic heterocycles. The summed E-state index contributed by atoms with van der Waals surface area (Å²) >= 11 is 3.45. The molecule has 1 amide bonds. The van der Waals surface area contributed by atoms with E-state index in [4.69, 9.17) is 0 Å². The third-order valence-electron chi connectivity index (χ3n) is 8.19. The van der Waals surface area contributed by atoms with Crippen LogP contribution >= 0.6 is 15.9 Å². The van der Waals surface area contributed by atoms with Crippen molar-refractivity contribution in [3.63, 3.8) is 0 Å². The number of pyridine rings is 1. The maximum Gasteiger partial charge on any atom is 0.238 e. The van der Waals surface area contributed by atoms with E-state index in [2.05, 4.69) is 26.2 Å². The fourth-order valence-electron chi connectivity index (χ4n) is 6.60. The van der Waals surface area contributed by atoms with Gasteiger partial charge in [0.2, 0.25) is 5.91 Å². The predicted molar refractivity (Wildman–Crippen MR) is 153 cm³/mol. The third-order valence-corrected chi connectivity index (χ3v) is 8.72. The number of aromatic nitrogens is 1. The van der Waals surface area contributed by atoms with Gasteiger partial charge in [-0.1, -0.05) is 76.6 Å². The van der Waals surface area contributed by atoms with Crippen LogP contribution in [0.5, 0.6) is 0 Å². The molecule has 0 bridgehead atoms. The average Bonchev–Trinajstić information content (AvgIpc) is 3.45. The first-order valence-corrected chi connectivity index (χ1v) is 13.5. The van der Waals surface area contributed by atoms with Crippen LogP contribution in [-0.2, 0) is 10.2 Å². The molecule has 1 N–H and O–H groups in total. The Hall–Kier alpha value is -4.36. The number of nitrogens with one attached hydrogen (secondary N) is 1. The number of rotatable bonds is 4. The SMILES string of the molecule is O=C(c1ccncc1)[C@@H]1[C@H](C(=O)c2ccc(Br)cc2)[C@]2(C(=O)Nc3ccccc32)[C@H]2C=Cc3ccccc3N12. The minimum absolute atomic E-state index is 0.225. The number of anilines is 2. The van der Waals surface area contributed by atoms with E-state index >= 15 is 0 Å². The fraction of sp³-hybridized carbons (Fsp3) is 0.125. The first-order chi connectivity index (χ1) is 19.0. The molecule has 3 aliphatic rings. The van der Waals surface area contributed by atoms with Crippen molar-refractivity contribution in [1.29, 1.82) is 0 Å². The normalized spacial score (nSPS) is 24.2. The van der Waals surface area contributed by atoms with E-state index in [-0.39, 0.29) is 17.5 Å². The first kappa shape index (κ1) is 23.7. The Balaban J connectivity index is 1.54. The molecule has 190 valence electrons. The van der Waals surface area contributed by atoms with Crippen molar-refractivity contribution in [3.05, 3.63) is 130 Å². The second kappa shape index (κ2) is 8.85. The zero-order valence-electron chi connectivity index (χ0n) is 20.6. The lowest BCUT2D eigenvalue weighted by Gasteiger charge is -2.37. The van der Waals surface area contributed by atoms with E-state index in [1.165, 1.54) is 0 Å². The maximum absolute atomic E-state index is 14.7. The minimum atomic E-state index is -1.32. The highest BCUT2D eigenvalue weighted by molar-refractivity contribution is 9.10. The molecule has 1 fully saturated rings. The van der Waals surface area contributed by atoms with Gasteiger partial charge in [-0.25, -0.2) is 0 Å². The van der Waals surface area contributed by atoms with Gasteiger partial charge in [0, 0.05) is 39.4 Å². The van der Waals surface area contributed by atoms with Gasteiger partial charge in [0.15, 0.2) is 11.6 Å². The van der Waals surface area contributed by atoms with Gasteiger partial charge in [-0.15, -0.1) is 0 Å². The molecule has 7 rings (SSSR count). The van der Waals surface area contributed by atoms with Crippen LogP contribution in [-0.4, -0.2) is 34.5 Å². The van der Waals surface area contributed by atoms with E-state index in [0.29, 0.717) is 16.8 Å². The van der Waals surface area contributed by atoms with Gasteiger partial charge in [-0.05, 0) is 47.5 Å². The number of halogens is 1.